The number of carboxylic acid groups (broad SMARTS) is 1. The molecule has 3 fully saturated rings. The maximum atomic E-state index is 13.7. The third-order valence-electron chi connectivity index (χ3n) is 5.96. The molecule has 5 nitrogen and oxygen atoms in total. The minimum Gasteiger partial charge on any atom is -0.480 e. The lowest BCUT2D eigenvalue weighted by atomic mass is 9.71. The molecule has 2 aromatic carbocycles. The number of carboxylic acids is 1. The number of amides is 1. The number of benzene rings is 2. The van der Waals surface area contributed by atoms with Gasteiger partial charge in [-0.15, -0.1) is 0 Å². The summed E-state index contributed by atoms with van der Waals surface area (Å²) in [5.74, 6) is -2.17. The fourth-order valence-electron chi connectivity index (χ4n) is 4.74. The van der Waals surface area contributed by atoms with Gasteiger partial charge in [0.2, 0.25) is 5.91 Å². The standard InChI is InChI=1S/C22H23NO4/c24-18-13-16-11-12-17(18)20(22(26)27)23(16)21(25)19(14-7-3-1-4-8-14)15-9-5-2-6-10-15/h1-10,16-20,24H,11-13H2,(H,26,27)/t16-,17+,18+,20-/m0/s1. The molecule has 2 aromatic rings. The van der Waals surface area contributed by atoms with Gasteiger partial charge in [0.25, 0.3) is 0 Å². The van der Waals surface area contributed by atoms with Gasteiger partial charge in [0.1, 0.15) is 6.04 Å². The van der Waals surface area contributed by atoms with E-state index in [1.54, 1.807) is 4.90 Å². The fraction of sp³-hybridized carbons (Fsp3) is 0.364. The van der Waals surface area contributed by atoms with Crippen molar-refractivity contribution in [3.8, 4) is 0 Å². The molecule has 4 atom stereocenters. The van der Waals surface area contributed by atoms with Gasteiger partial charge < -0.3 is 15.1 Å². The molecule has 1 saturated carbocycles. The maximum absolute atomic E-state index is 13.7. The molecule has 0 unspecified atom stereocenters. The number of rotatable bonds is 4. The molecule has 2 heterocycles. The molecule has 2 bridgehead atoms. The monoisotopic (exact) mass is 365 g/mol. The van der Waals surface area contributed by atoms with Crippen LogP contribution >= 0.6 is 0 Å². The highest BCUT2D eigenvalue weighted by atomic mass is 16.4. The molecule has 2 aliphatic heterocycles. The number of nitrogens with zero attached hydrogens (tertiary/aromatic N) is 1. The van der Waals surface area contributed by atoms with E-state index in [4.69, 9.17) is 0 Å². The number of hydrogen-bond donors (Lipinski definition) is 2. The first-order chi connectivity index (χ1) is 13.1. The summed E-state index contributed by atoms with van der Waals surface area (Å²) in [7, 11) is 0. The summed E-state index contributed by atoms with van der Waals surface area (Å²) in [6, 6.07) is 17.8. The highest BCUT2D eigenvalue weighted by Gasteiger charge is 2.52. The van der Waals surface area contributed by atoms with E-state index < -0.39 is 30.0 Å². The molecule has 5 heteroatoms. The summed E-state index contributed by atoms with van der Waals surface area (Å²) in [4.78, 5) is 27.2. The average molecular weight is 365 g/mol. The Hall–Kier alpha value is -2.66. The van der Waals surface area contributed by atoms with Crippen LogP contribution < -0.4 is 0 Å². The molecule has 1 aliphatic carbocycles. The summed E-state index contributed by atoms with van der Waals surface area (Å²) >= 11 is 0. The van der Waals surface area contributed by atoms with Gasteiger partial charge in [-0.05, 0) is 30.4 Å². The van der Waals surface area contributed by atoms with Gasteiger partial charge in [0.05, 0.1) is 12.0 Å². The van der Waals surface area contributed by atoms with Gasteiger partial charge in [-0.1, -0.05) is 60.7 Å². The number of aliphatic carboxylic acids is 1. The Labute approximate surface area is 158 Å². The highest BCUT2D eigenvalue weighted by Crippen LogP contribution is 2.42. The van der Waals surface area contributed by atoms with Crippen LogP contribution in [-0.2, 0) is 9.59 Å². The van der Waals surface area contributed by atoms with Crippen molar-refractivity contribution < 1.29 is 19.8 Å². The van der Waals surface area contributed by atoms with Gasteiger partial charge in [0, 0.05) is 12.0 Å². The zero-order valence-electron chi connectivity index (χ0n) is 14.9. The minimum absolute atomic E-state index is 0.193. The van der Waals surface area contributed by atoms with E-state index in [2.05, 4.69) is 0 Å². The van der Waals surface area contributed by atoms with Gasteiger partial charge in [-0.3, -0.25) is 4.79 Å². The molecule has 3 aliphatic rings. The molecule has 140 valence electrons. The smallest absolute Gasteiger partial charge is 0.326 e. The minimum atomic E-state index is -1.03. The summed E-state index contributed by atoms with van der Waals surface area (Å²) in [5.41, 5.74) is 1.69. The summed E-state index contributed by atoms with van der Waals surface area (Å²) in [6.07, 6.45) is 1.19. The third-order valence-corrected chi connectivity index (χ3v) is 5.96. The SMILES string of the molecule is O=C(O)[C@@H]1[C@@H]2CC[C@@H](C[C@H]2O)N1C(=O)C(c1ccccc1)c1ccccc1. The number of fused-ring (bicyclic) bond motifs is 3. The van der Waals surface area contributed by atoms with Crippen molar-refractivity contribution in [3.63, 3.8) is 0 Å². The van der Waals surface area contributed by atoms with Crippen LogP contribution in [0.4, 0.5) is 0 Å². The highest BCUT2D eigenvalue weighted by molar-refractivity contribution is 5.91. The van der Waals surface area contributed by atoms with E-state index in [0.717, 1.165) is 17.5 Å². The summed E-state index contributed by atoms with van der Waals surface area (Å²) in [6.45, 7) is 0. The molecule has 0 radical (unpaired) electrons. The van der Waals surface area contributed by atoms with Crippen LogP contribution in [0.25, 0.3) is 0 Å². The van der Waals surface area contributed by atoms with Crippen LogP contribution in [0.2, 0.25) is 0 Å². The van der Waals surface area contributed by atoms with Crippen molar-refractivity contribution in [2.75, 3.05) is 0 Å². The van der Waals surface area contributed by atoms with Crippen molar-refractivity contribution in [1.29, 1.82) is 0 Å². The number of aliphatic hydroxyl groups is 1. The van der Waals surface area contributed by atoms with Crippen LogP contribution in [0.5, 0.6) is 0 Å². The van der Waals surface area contributed by atoms with E-state index in [-0.39, 0.29) is 11.9 Å². The lowest BCUT2D eigenvalue weighted by molar-refractivity contribution is -0.172. The van der Waals surface area contributed by atoms with Crippen LogP contribution in [0.1, 0.15) is 36.3 Å². The van der Waals surface area contributed by atoms with Crippen molar-refractivity contribution in [3.05, 3.63) is 71.8 Å². The van der Waals surface area contributed by atoms with Crippen LogP contribution in [0, 0.1) is 5.92 Å². The van der Waals surface area contributed by atoms with Crippen LogP contribution in [0.15, 0.2) is 60.7 Å². The number of carbonyl (C=O) groups excluding carboxylic acids is 1. The Kier molecular flexibility index (Phi) is 4.70. The topological polar surface area (TPSA) is 77.8 Å². The lowest BCUT2D eigenvalue weighted by Crippen LogP contribution is -2.65. The molecular weight excluding hydrogens is 342 g/mol. The molecule has 2 N–H and O–H groups in total. The van der Waals surface area contributed by atoms with E-state index in [1.807, 2.05) is 60.7 Å². The Bertz CT molecular complexity index is 783. The predicted octanol–water partition coefficient (Wildman–Crippen LogP) is 2.64. The van der Waals surface area contributed by atoms with Crippen molar-refractivity contribution in [2.45, 2.75) is 43.4 Å². The molecule has 2 saturated heterocycles. The van der Waals surface area contributed by atoms with E-state index >= 15 is 0 Å². The van der Waals surface area contributed by atoms with Crippen LogP contribution in [-0.4, -0.2) is 45.2 Å². The van der Waals surface area contributed by atoms with Gasteiger partial charge >= 0.3 is 5.97 Å². The summed E-state index contributed by atoms with van der Waals surface area (Å²) < 4.78 is 0. The zero-order chi connectivity index (χ0) is 19.0. The summed E-state index contributed by atoms with van der Waals surface area (Å²) in [5, 5.41) is 20.1. The molecule has 5 rings (SSSR count). The largest absolute Gasteiger partial charge is 0.480 e. The molecule has 0 aromatic heterocycles. The molecule has 27 heavy (non-hydrogen) atoms. The normalized spacial score (nSPS) is 27.0. The van der Waals surface area contributed by atoms with Gasteiger partial charge in [0.15, 0.2) is 0 Å². The second kappa shape index (κ2) is 7.16. The molecule has 0 spiro atoms. The van der Waals surface area contributed by atoms with E-state index in [1.165, 1.54) is 0 Å². The number of hydrogen-bond acceptors (Lipinski definition) is 3. The number of aliphatic hydroxyl groups excluding tert-OH is 1. The van der Waals surface area contributed by atoms with Crippen LogP contribution in [0.3, 0.4) is 0 Å². The molecular formula is C22H23NO4. The molecule has 1 amide bonds. The average Bonchev–Trinajstić information content (AvgIpc) is 2.69. The number of carbonyl (C=O) groups is 2. The third kappa shape index (κ3) is 3.12. The van der Waals surface area contributed by atoms with Gasteiger partial charge in [-0.2, -0.15) is 0 Å². The van der Waals surface area contributed by atoms with E-state index in [0.29, 0.717) is 12.8 Å². The maximum Gasteiger partial charge on any atom is 0.326 e. The van der Waals surface area contributed by atoms with Crippen molar-refractivity contribution >= 4 is 11.9 Å². The second-order valence-corrected chi connectivity index (χ2v) is 7.48. The Morgan fingerprint density at radius 2 is 1.48 bits per heavy atom. The fourth-order valence-corrected chi connectivity index (χ4v) is 4.74. The quantitative estimate of drug-likeness (QED) is 0.873. The van der Waals surface area contributed by atoms with Gasteiger partial charge in [-0.25, -0.2) is 4.79 Å². The Morgan fingerprint density at radius 3 is 1.96 bits per heavy atom. The van der Waals surface area contributed by atoms with E-state index in [9.17, 15) is 19.8 Å². The second-order valence-electron chi connectivity index (χ2n) is 7.48. The first kappa shape index (κ1) is 17.7. The Balaban J connectivity index is 1.76. The Morgan fingerprint density at radius 1 is 0.926 bits per heavy atom. The first-order valence-corrected chi connectivity index (χ1v) is 9.41. The number of piperidine rings is 2. The lowest BCUT2D eigenvalue weighted by Gasteiger charge is -2.52. The zero-order valence-corrected chi connectivity index (χ0v) is 14.9. The van der Waals surface area contributed by atoms with Crippen molar-refractivity contribution in [1.82, 2.24) is 4.90 Å². The van der Waals surface area contributed by atoms with Crippen molar-refractivity contribution in [2.24, 2.45) is 5.92 Å². The predicted molar refractivity (Wildman–Crippen MR) is 100 cm³/mol. The first-order valence-electron chi connectivity index (χ1n) is 9.41.